The molecule has 0 fully saturated rings. The van der Waals surface area contributed by atoms with Gasteiger partial charge in [0, 0.05) is 41.7 Å². The van der Waals surface area contributed by atoms with Gasteiger partial charge in [-0.3, -0.25) is 0 Å². The standard InChI is InChI=1S/C16H20BrN3/c1-20(14-6-3-2-4-7-14)11-5-10-19-16-9-8-13(18)12-15(16)17/h2-4,6-9,12,19H,5,10-11,18H2,1H3. The summed E-state index contributed by atoms with van der Waals surface area (Å²) in [5, 5.41) is 3.42. The van der Waals surface area contributed by atoms with Gasteiger partial charge in [-0.15, -0.1) is 0 Å². The lowest BCUT2D eigenvalue weighted by molar-refractivity contribution is 0.816. The first-order valence-electron chi connectivity index (χ1n) is 6.72. The zero-order chi connectivity index (χ0) is 14.4. The highest BCUT2D eigenvalue weighted by Gasteiger charge is 2.01. The molecule has 2 rings (SSSR count). The van der Waals surface area contributed by atoms with Gasteiger partial charge in [-0.1, -0.05) is 18.2 Å². The molecule has 4 heteroatoms. The van der Waals surface area contributed by atoms with Gasteiger partial charge in [0.2, 0.25) is 0 Å². The van der Waals surface area contributed by atoms with Gasteiger partial charge < -0.3 is 16.0 Å². The van der Waals surface area contributed by atoms with E-state index in [-0.39, 0.29) is 0 Å². The lowest BCUT2D eigenvalue weighted by Gasteiger charge is -2.19. The summed E-state index contributed by atoms with van der Waals surface area (Å²) in [7, 11) is 2.12. The Balaban J connectivity index is 1.76. The van der Waals surface area contributed by atoms with E-state index in [0.29, 0.717) is 0 Å². The van der Waals surface area contributed by atoms with Crippen LogP contribution in [0.3, 0.4) is 0 Å². The van der Waals surface area contributed by atoms with E-state index in [4.69, 9.17) is 5.73 Å². The maximum absolute atomic E-state index is 5.72. The van der Waals surface area contributed by atoms with E-state index in [0.717, 1.165) is 35.4 Å². The molecule has 3 nitrogen and oxygen atoms in total. The Morgan fingerprint density at radius 3 is 2.60 bits per heavy atom. The first-order chi connectivity index (χ1) is 9.66. The van der Waals surface area contributed by atoms with Gasteiger partial charge in [0.1, 0.15) is 0 Å². The van der Waals surface area contributed by atoms with E-state index >= 15 is 0 Å². The van der Waals surface area contributed by atoms with E-state index in [1.807, 2.05) is 24.3 Å². The van der Waals surface area contributed by atoms with Crippen molar-refractivity contribution in [1.82, 2.24) is 0 Å². The molecular weight excluding hydrogens is 314 g/mol. The summed E-state index contributed by atoms with van der Waals surface area (Å²) in [6.07, 6.45) is 1.07. The zero-order valence-corrected chi connectivity index (χ0v) is 13.2. The minimum absolute atomic E-state index is 0.770. The van der Waals surface area contributed by atoms with Gasteiger partial charge in [0.25, 0.3) is 0 Å². The average Bonchev–Trinajstić information content (AvgIpc) is 2.46. The fourth-order valence-electron chi connectivity index (χ4n) is 2.03. The third-order valence-corrected chi connectivity index (χ3v) is 3.83. The molecule has 106 valence electrons. The Bertz CT molecular complexity index is 543. The Morgan fingerprint density at radius 2 is 1.90 bits per heavy atom. The second-order valence-electron chi connectivity index (χ2n) is 4.78. The fraction of sp³-hybridized carbons (Fsp3) is 0.250. The monoisotopic (exact) mass is 333 g/mol. The van der Waals surface area contributed by atoms with Crippen LogP contribution in [-0.4, -0.2) is 20.1 Å². The molecule has 0 saturated carbocycles. The Morgan fingerprint density at radius 1 is 1.15 bits per heavy atom. The Kier molecular flexibility index (Phi) is 5.30. The summed E-state index contributed by atoms with van der Waals surface area (Å²) in [5.41, 5.74) is 8.83. The van der Waals surface area contributed by atoms with Gasteiger partial charge in [-0.2, -0.15) is 0 Å². The number of hydrogen-bond donors (Lipinski definition) is 2. The maximum Gasteiger partial charge on any atom is 0.0486 e. The Hall–Kier alpha value is -1.68. The molecule has 20 heavy (non-hydrogen) atoms. The zero-order valence-electron chi connectivity index (χ0n) is 11.6. The van der Waals surface area contributed by atoms with Crippen LogP contribution in [0.15, 0.2) is 53.0 Å². The fourth-order valence-corrected chi connectivity index (χ4v) is 2.56. The third kappa shape index (κ3) is 4.17. The van der Waals surface area contributed by atoms with E-state index < -0.39 is 0 Å². The van der Waals surface area contributed by atoms with Gasteiger partial charge in [0.15, 0.2) is 0 Å². The number of halogens is 1. The van der Waals surface area contributed by atoms with Crippen LogP contribution in [0.4, 0.5) is 17.1 Å². The molecule has 0 aliphatic heterocycles. The lowest BCUT2D eigenvalue weighted by atomic mass is 10.2. The van der Waals surface area contributed by atoms with E-state index in [2.05, 4.69) is 57.5 Å². The first kappa shape index (κ1) is 14.7. The summed E-state index contributed by atoms with van der Waals surface area (Å²) in [6.45, 7) is 1.95. The van der Waals surface area contributed by atoms with Gasteiger partial charge in [-0.05, 0) is 52.7 Å². The largest absolute Gasteiger partial charge is 0.399 e. The van der Waals surface area contributed by atoms with Crippen LogP contribution >= 0.6 is 15.9 Å². The highest BCUT2D eigenvalue weighted by molar-refractivity contribution is 9.10. The molecule has 2 aromatic carbocycles. The molecule has 0 saturated heterocycles. The number of anilines is 3. The van der Waals surface area contributed by atoms with Crippen molar-refractivity contribution >= 4 is 33.0 Å². The smallest absolute Gasteiger partial charge is 0.0486 e. The van der Waals surface area contributed by atoms with Crippen LogP contribution < -0.4 is 16.0 Å². The van der Waals surface area contributed by atoms with E-state index in [1.165, 1.54) is 5.69 Å². The number of hydrogen-bond acceptors (Lipinski definition) is 3. The summed E-state index contributed by atoms with van der Waals surface area (Å²) in [6, 6.07) is 16.2. The normalized spacial score (nSPS) is 10.3. The second kappa shape index (κ2) is 7.20. The van der Waals surface area contributed by atoms with Gasteiger partial charge in [-0.25, -0.2) is 0 Å². The van der Waals surface area contributed by atoms with Crippen molar-refractivity contribution in [2.75, 3.05) is 36.1 Å². The molecule has 3 N–H and O–H groups in total. The lowest BCUT2D eigenvalue weighted by Crippen LogP contribution is -2.20. The van der Waals surface area contributed by atoms with Crippen LogP contribution in [0, 0.1) is 0 Å². The first-order valence-corrected chi connectivity index (χ1v) is 7.51. The van der Waals surface area contributed by atoms with Crippen molar-refractivity contribution in [3.8, 4) is 0 Å². The molecule has 0 bridgehead atoms. The number of nitrogens with two attached hydrogens (primary N) is 1. The van der Waals surface area contributed by atoms with Crippen molar-refractivity contribution in [2.24, 2.45) is 0 Å². The van der Waals surface area contributed by atoms with Crippen molar-refractivity contribution in [3.63, 3.8) is 0 Å². The molecule has 0 aliphatic rings. The molecule has 0 radical (unpaired) electrons. The summed E-state index contributed by atoms with van der Waals surface area (Å²) in [4.78, 5) is 2.26. The number of rotatable bonds is 6. The number of para-hydroxylation sites is 1. The Labute approximate surface area is 128 Å². The van der Waals surface area contributed by atoms with Crippen molar-refractivity contribution in [2.45, 2.75) is 6.42 Å². The summed E-state index contributed by atoms with van der Waals surface area (Å²) in [5.74, 6) is 0. The quantitative estimate of drug-likeness (QED) is 0.620. The number of benzene rings is 2. The van der Waals surface area contributed by atoms with Crippen molar-refractivity contribution in [1.29, 1.82) is 0 Å². The molecule has 0 atom stereocenters. The minimum atomic E-state index is 0.770. The molecule has 0 aliphatic carbocycles. The van der Waals surface area contributed by atoms with Crippen LogP contribution in [0.2, 0.25) is 0 Å². The van der Waals surface area contributed by atoms with Crippen LogP contribution in [-0.2, 0) is 0 Å². The molecule has 0 spiro atoms. The molecular formula is C16H20BrN3. The number of nitrogen functional groups attached to an aromatic ring is 1. The molecule has 0 amide bonds. The predicted octanol–water partition coefficient (Wildman–Crippen LogP) is 3.97. The SMILES string of the molecule is CN(CCCNc1ccc(N)cc1Br)c1ccccc1. The van der Waals surface area contributed by atoms with Crippen LogP contribution in [0.1, 0.15) is 6.42 Å². The number of nitrogens with zero attached hydrogens (tertiary/aromatic N) is 1. The number of nitrogens with one attached hydrogen (secondary N) is 1. The van der Waals surface area contributed by atoms with Crippen LogP contribution in [0.5, 0.6) is 0 Å². The van der Waals surface area contributed by atoms with E-state index in [1.54, 1.807) is 0 Å². The third-order valence-electron chi connectivity index (χ3n) is 3.18. The van der Waals surface area contributed by atoms with Crippen LogP contribution in [0.25, 0.3) is 0 Å². The van der Waals surface area contributed by atoms with Gasteiger partial charge >= 0.3 is 0 Å². The summed E-state index contributed by atoms with van der Waals surface area (Å²) >= 11 is 3.51. The maximum atomic E-state index is 5.72. The molecule has 0 aromatic heterocycles. The minimum Gasteiger partial charge on any atom is -0.399 e. The van der Waals surface area contributed by atoms with E-state index in [9.17, 15) is 0 Å². The van der Waals surface area contributed by atoms with Crippen molar-refractivity contribution < 1.29 is 0 Å². The second-order valence-corrected chi connectivity index (χ2v) is 5.63. The van der Waals surface area contributed by atoms with Gasteiger partial charge in [0.05, 0.1) is 0 Å². The van der Waals surface area contributed by atoms with Crippen molar-refractivity contribution in [3.05, 3.63) is 53.0 Å². The highest BCUT2D eigenvalue weighted by Crippen LogP contribution is 2.24. The highest BCUT2D eigenvalue weighted by atomic mass is 79.9. The predicted molar refractivity (Wildman–Crippen MR) is 91.4 cm³/mol. The molecule has 2 aromatic rings. The summed E-state index contributed by atoms with van der Waals surface area (Å²) < 4.78 is 1.01. The average molecular weight is 334 g/mol. The molecule has 0 heterocycles. The molecule has 0 unspecified atom stereocenters. The topological polar surface area (TPSA) is 41.3 Å².